The molecule has 2 aromatic heterocycles. The Morgan fingerprint density at radius 1 is 1.04 bits per heavy atom. The summed E-state index contributed by atoms with van der Waals surface area (Å²) in [6, 6.07) is 12.5. The number of ether oxygens (including phenoxy) is 1. The molecule has 4 rings (SSSR count). The number of fused-ring (bicyclic) bond motifs is 1. The molecule has 0 aliphatic carbocycles. The fourth-order valence-corrected chi connectivity index (χ4v) is 3.80. The van der Waals surface area contributed by atoms with Gasteiger partial charge in [0.1, 0.15) is 11.6 Å². The SMILES string of the molecule is COc1ccc(-c2nc(C)nc3c2CCN(Cc2cccn2C)CC3)cc1. The van der Waals surface area contributed by atoms with Gasteiger partial charge in [0, 0.05) is 61.8 Å². The molecule has 5 nitrogen and oxygen atoms in total. The van der Waals surface area contributed by atoms with Crippen molar-refractivity contribution in [2.45, 2.75) is 26.3 Å². The van der Waals surface area contributed by atoms with Crippen LogP contribution in [0.5, 0.6) is 5.75 Å². The van der Waals surface area contributed by atoms with E-state index in [-0.39, 0.29) is 0 Å². The zero-order chi connectivity index (χ0) is 18.8. The van der Waals surface area contributed by atoms with Crippen LogP contribution in [0.3, 0.4) is 0 Å². The summed E-state index contributed by atoms with van der Waals surface area (Å²) in [6.45, 7) is 5.01. The minimum Gasteiger partial charge on any atom is -0.497 e. The van der Waals surface area contributed by atoms with Gasteiger partial charge in [0.05, 0.1) is 12.8 Å². The van der Waals surface area contributed by atoms with Gasteiger partial charge in [-0.15, -0.1) is 0 Å². The summed E-state index contributed by atoms with van der Waals surface area (Å²) in [7, 11) is 3.80. The van der Waals surface area contributed by atoms with E-state index in [4.69, 9.17) is 14.7 Å². The molecule has 0 N–H and O–H groups in total. The van der Waals surface area contributed by atoms with Gasteiger partial charge in [0.2, 0.25) is 0 Å². The zero-order valence-corrected chi connectivity index (χ0v) is 16.3. The van der Waals surface area contributed by atoms with Crippen molar-refractivity contribution in [2.24, 2.45) is 7.05 Å². The molecule has 0 bridgehead atoms. The summed E-state index contributed by atoms with van der Waals surface area (Å²) in [6.07, 6.45) is 4.05. The Bertz CT molecular complexity index is 930. The number of hydrogen-bond donors (Lipinski definition) is 0. The third kappa shape index (κ3) is 3.74. The maximum absolute atomic E-state index is 5.29. The van der Waals surface area contributed by atoms with Crippen LogP contribution in [0, 0.1) is 6.92 Å². The molecule has 3 aromatic rings. The number of methoxy groups -OCH3 is 1. The molecule has 3 heterocycles. The molecule has 27 heavy (non-hydrogen) atoms. The molecule has 0 spiro atoms. The number of aryl methyl sites for hydroxylation is 2. The van der Waals surface area contributed by atoms with Crippen molar-refractivity contribution in [1.82, 2.24) is 19.4 Å². The second-order valence-corrected chi connectivity index (χ2v) is 7.16. The molecule has 140 valence electrons. The molecular formula is C22H26N4O. The van der Waals surface area contributed by atoms with Crippen LogP contribution in [-0.2, 0) is 26.4 Å². The Balaban J connectivity index is 1.61. The first-order valence-corrected chi connectivity index (χ1v) is 9.47. The van der Waals surface area contributed by atoms with Gasteiger partial charge < -0.3 is 9.30 Å². The predicted molar refractivity (Wildman–Crippen MR) is 107 cm³/mol. The highest BCUT2D eigenvalue weighted by Gasteiger charge is 2.20. The summed E-state index contributed by atoms with van der Waals surface area (Å²) in [5.41, 5.74) is 6.04. The average molecular weight is 362 g/mol. The summed E-state index contributed by atoms with van der Waals surface area (Å²) in [5.74, 6) is 1.71. The van der Waals surface area contributed by atoms with Crippen molar-refractivity contribution in [3.63, 3.8) is 0 Å². The fraction of sp³-hybridized carbons (Fsp3) is 0.364. The second kappa shape index (κ2) is 7.53. The average Bonchev–Trinajstić information content (AvgIpc) is 2.97. The predicted octanol–water partition coefficient (Wildman–Crippen LogP) is 3.40. The van der Waals surface area contributed by atoms with Gasteiger partial charge in [-0.05, 0) is 49.7 Å². The van der Waals surface area contributed by atoms with Gasteiger partial charge in [-0.25, -0.2) is 9.97 Å². The Morgan fingerprint density at radius 2 is 1.81 bits per heavy atom. The molecule has 0 atom stereocenters. The Kier molecular flexibility index (Phi) is 4.94. The number of hydrogen-bond acceptors (Lipinski definition) is 4. The van der Waals surface area contributed by atoms with Crippen molar-refractivity contribution in [3.8, 4) is 17.0 Å². The number of nitrogens with zero attached hydrogens (tertiary/aromatic N) is 4. The first kappa shape index (κ1) is 17.7. The van der Waals surface area contributed by atoms with Gasteiger partial charge in [-0.1, -0.05) is 0 Å². The van der Waals surface area contributed by atoms with Gasteiger partial charge in [0.25, 0.3) is 0 Å². The minimum absolute atomic E-state index is 0.843. The molecule has 0 unspecified atom stereocenters. The van der Waals surface area contributed by atoms with Gasteiger partial charge in [-0.2, -0.15) is 0 Å². The lowest BCUT2D eigenvalue weighted by molar-refractivity contribution is 0.273. The number of benzene rings is 1. The quantitative estimate of drug-likeness (QED) is 0.713. The summed E-state index contributed by atoms with van der Waals surface area (Å²) < 4.78 is 7.49. The van der Waals surface area contributed by atoms with Gasteiger partial charge in [0.15, 0.2) is 0 Å². The fourth-order valence-electron chi connectivity index (χ4n) is 3.80. The van der Waals surface area contributed by atoms with E-state index in [0.29, 0.717) is 0 Å². The molecule has 5 heteroatoms. The van der Waals surface area contributed by atoms with Crippen LogP contribution >= 0.6 is 0 Å². The van der Waals surface area contributed by atoms with Crippen LogP contribution in [0.25, 0.3) is 11.3 Å². The van der Waals surface area contributed by atoms with Gasteiger partial charge >= 0.3 is 0 Å². The molecule has 1 aliphatic rings. The third-order valence-corrected chi connectivity index (χ3v) is 5.35. The summed E-state index contributed by atoms with van der Waals surface area (Å²) in [4.78, 5) is 12.1. The molecule has 1 aliphatic heterocycles. The largest absolute Gasteiger partial charge is 0.497 e. The lowest BCUT2D eigenvalue weighted by Crippen LogP contribution is -2.26. The van der Waals surface area contributed by atoms with Crippen molar-refractivity contribution in [2.75, 3.05) is 20.2 Å². The van der Waals surface area contributed by atoms with Crippen molar-refractivity contribution in [3.05, 3.63) is 65.4 Å². The monoisotopic (exact) mass is 362 g/mol. The van der Waals surface area contributed by atoms with Crippen LogP contribution in [0.2, 0.25) is 0 Å². The maximum Gasteiger partial charge on any atom is 0.126 e. The van der Waals surface area contributed by atoms with Crippen molar-refractivity contribution >= 4 is 0 Å². The highest BCUT2D eigenvalue weighted by Crippen LogP contribution is 2.28. The second-order valence-electron chi connectivity index (χ2n) is 7.16. The Labute approximate surface area is 160 Å². The van der Waals surface area contributed by atoms with E-state index in [9.17, 15) is 0 Å². The van der Waals surface area contributed by atoms with E-state index >= 15 is 0 Å². The van der Waals surface area contributed by atoms with Crippen molar-refractivity contribution < 1.29 is 4.74 Å². The van der Waals surface area contributed by atoms with E-state index in [2.05, 4.69) is 47.0 Å². The van der Waals surface area contributed by atoms with E-state index in [1.807, 2.05) is 19.1 Å². The van der Waals surface area contributed by atoms with Crippen LogP contribution in [0.4, 0.5) is 0 Å². The van der Waals surface area contributed by atoms with Crippen LogP contribution in [-0.4, -0.2) is 39.6 Å². The lowest BCUT2D eigenvalue weighted by Gasteiger charge is -2.20. The Hall–Kier alpha value is -2.66. The Morgan fingerprint density at radius 3 is 2.52 bits per heavy atom. The summed E-state index contributed by atoms with van der Waals surface area (Å²) in [5, 5.41) is 0. The minimum atomic E-state index is 0.843. The molecule has 0 radical (unpaired) electrons. The topological polar surface area (TPSA) is 43.2 Å². The highest BCUT2D eigenvalue weighted by atomic mass is 16.5. The van der Waals surface area contributed by atoms with E-state index in [1.54, 1.807) is 7.11 Å². The van der Waals surface area contributed by atoms with Crippen LogP contribution in [0.15, 0.2) is 42.6 Å². The lowest BCUT2D eigenvalue weighted by atomic mass is 10.0. The smallest absolute Gasteiger partial charge is 0.126 e. The first-order valence-electron chi connectivity index (χ1n) is 9.47. The van der Waals surface area contributed by atoms with E-state index in [1.165, 1.54) is 17.0 Å². The number of aromatic nitrogens is 3. The maximum atomic E-state index is 5.29. The van der Waals surface area contributed by atoms with Crippen molar-refractivity contribution in [1.29, 1.82) is 0 Å². The zero-order valence-electron chi connectivity index (χ0n) is 16.3. The van der Waals surface area contributed by atoms with Crippen LogP contribution < -0.4 is 4.74 Å². The summed E-state index contributed by atoms with van der Waals surface area (Å²) >= 11 is 0. The molecular weight excluding hydrogens is 336 g/mol. The van der Waals surface area contributed by atoms with E-state index < -0.39 is 0 Å². The van der Waals surface area contributed by atoms with E-state index in [0.717, 1.165) is 55.3 Å². The first-order chi connectivity index (χ1) is 13.1. The normalized spacial score (nSPS) is 14.6. The molecule has 0 fully saturated rings. The standard InChI is InChI=1S/C22H26N4O/c1-16-23-21-11-14-26(15-18-5-4-12-25(18)2)13-10-20(21)22(24-16)17-6-8-19(27-3)9-7-17/h4-9,12H,10-11,13-15H2,1-3H3. The third-order valence-electron chi connectivity index (χ3n) is 5.35. The van der Waals surface area contributed by atoms with Crippen LogP contribution in [0.1, 0.15) is 22.8 Å². The number of rotatable bonds is 4. The molecule has 0 saturated carbocycles. The highest BCUT2D eigenvalue weighted by molar-refractivity contribution is 5.65. The molecule has 0 amide bonds. The van der Waals surface area contributed by atoms with Gasteiger partial charge in [-0.3, -0.25) is 4.90 Å². The molecule has 0 saturated heterocycles. The molecule has 1 aromatic carbocycles.